The third-order valence-electron chi connectivity index (χ3n) is 2.47. The number of aryl methyl sites for hydroxylation is 1. The molecule has 0 amide bonds. The Morgan fingerprint density at radius 2 is 2.29 bits per heavy atom. The molecule has 0 aliphatic carbocycles. The first-order chi connectivity index (χ1) is 8.25. The monoisotopic (exact) mass is 233 g/mol. The van der Waals surface area contributed by atoms with Gasteiger partial charge in [0, 0.05) is 25.1 Å². The minimum Gasteiger partial charge on any atom is -0.508 e. The van der Waals surface area contributed by atoms with Gasteiger partial charge in [0.2, 0.25) is 5.89 Å². The van der Waals surface area contributed by atoms with Crippen LogP contribution in [0.1, 0.15) is 17.0 Å². The highest BCUT2D eigenvalue weighted by Gasteiger charge is 2.02. The lowest BCUT2D eigenvalue weighted by Gasteiger charge is -2.06. The lowest BCUT2D eigenvalue weighted by molar-refractivity contribution is 0.374. The maximum Gasteiger partial charge on any atom is 0.227 e. The zero-order chi connectivity index (χ0) is 12.1. The third-order valence-corrected chi connectivity index (χ3v) is 2.47. The Kier molecular flexibility index (Phi) is 3.72. The topological polar surface area (TPSA) is 71.2 Å². The van der Waals surface area contributed by atoms with Crippen molar-refractivity contribution in [3.63, 3.8) is 0 Å². The maximum absolute atomic E-state index is 9.64. The van der Waals surface area contributed by atoms with Crippen molar-refractivity contribution in [3.05, 3.63) is 41.5 Å². The summed E-state index contributed by atoms with van der Waals surface area (Å²) in [5.74, 6) is 0.937. The number of nitrogens with zero attached hydrogens (tertiary/aromatic N) is 2. The van der Waals surface area contributed by atoms with Crippen LogP contribution >= 0.6 is 0 Å². The molecule has 2 aromatic rings. The normalized spacial score (nSPS) is 10.6. The zero-order valence-electron chi connectivity index (χ0n) is 9.68. The van der Waals surface area contributed by atoms with E-state index in [1.807, 2.05) is 19.1 Å². The van der Waals surface area contributed by atoms with Gasteiger partial charge >= 0.3 is 0 Å². The van der Waals surface area contributed by atoms with Crippen molar-refractivity contribution in [2.24, 2.45) is 0 Å². The first-order valence-electron chi connectivity index (χ1n) is 5.50. The van der Waals surface area contributed by atoms with Crippen molar-refractivity contribution in [2.45, 2.75) is 19.9 Å². The summed E-state index contributed by atoms with van der Waals surface area (Å²) < 4.78 is 4.88. The van der Waals surface area contributed by atoms with Crippen molar-refractivity contribution in [3.8, 4) is 5.75 Å². The fraction of sp³-hybridized carbons (Fsp3) is 0.333. The first-order valence-corrected chi connectivity index (χ1v) is 5.50. The molecule has 2 rings (SSSR count). The second-order valence-electron chi connectivity index (χ2n) is 3.89. The molecular weight excluding hydrogens is 218 g/mol. The average molecular weight is 233 g/mol. The number of phenolic OH excluding ortho intramolecular Hbond substituents is 1. The Hall–Kier alpha value is -1.88. The molecule has 1 aromatic carbocycles. The van der Waals surface area contributed by atoms with E-state index in [1.165, 1.54) is 6.33 Å². The average Bonchev–Trinajstić information content (AvgIpc) is 2.82. The van der Waals surface area contributed by atoms with Crippen LogP contribution in [0, 0.1) is 6.92 Å². The second kappa shape index (κ2) is 5.45. The van der Waals surface area contributed by atoms with Gasteiger partial charge in [-0.25, -0.2) is 0 Å². The number of rotatable bonds is 5. The van der Waals surface area contributed by atoms with E-state index in [0.29, 0.717) is 24.6 Å². The Bertz CT molecular complexity index is 469. The molecule has 1 aromatic heterocycles. The fourth-order valence-electron chi connectivity index (χ4n) is 1.58. The Labute approximate surface area is 99.5 Å². The van der Waals surface area contributed by atoms with Crippen LogP contribution in [0.2, 0.25) is 0 Å². The van der Waals surface area contributed by atoms with E-state index < -0.39 is 0 Å². The molecule has 0 unspecified atom stereocenters. The van der Waals surface area contributed by atoms with Gasteiger partial charge in [-0.1, -0.05) is 22.9 Å². The summed E-state index contributed by atoms with van der Waals surface area (Å²) in [5, 5.41) is 16.4. The van der Waals surface area contributed by atoms with Crippen LogP contribution in [0.4, 0.5) is 0 Å². The molecule has 0 atom stereocenters. The molecule has 0 bridgehead atoms. The number of aromatic nitrogens is 2. The molecule has 0 saturated carbocycles. The number of benzene rings is 1. The summed E-state index contributed by atoms with van der Waals surface area (Å²) in [6, 6.07) is 5.57. The smallest absolute Gasteiger partial charge is 0.227 e. The van der Waals surface area contributed by atoms with Gasteiger partial charge in [-0.15, -0.1) is 0 Å². The molecule has 0 fully saturated rings. The van der Waals surface area contributed by atoms with Gasteiger partial charge in [0.05, 0.1) is 0 Å². The number of aromatic hydroxyl groups is 1. The summed E-state index contributed by atoms with van der Waals surface area (Å²) in [6.07, 6.45) is 2.08. The van der Waals surface area contributed by atoms with Gasteiger partial charge in [-0.2, -0.15) is 4.98 Å². The highest BCUT2D eigenvalue weighted by Crippen LogP contribution is 2.17. The predicted molar refractivity (Wildman–Crippen MR) is 62.6 cm³/mol. The molecule has 0 aliphatic heterocycles. The number of nitrogens with one attached hydrogen (secondary N) is 1. The van der Waals surface area contributed by atoms with Crippen LogP contribution in [0.5, 0.6) is 5.75 Å². The van der Waals surface area contributed by atoms with Crippen LogP contribution in [-0.2, 0) is 13.0 Å². The van der Waals surface area contributed by atoms with Gasteiger partial charge in [0.1, 0.15) is 5.75 Å². The van der Waals surface area contributed by atoms with Crippen LogP contribution in [0.15, 0.2) is 29.0 Å². The highest BCUT2D eigenvalue weighted by atomic mass is 16.5. The number of phenols is 1. The van der Waals surface area contributed by atoms with E-state index in [9.17, 15) is 5.11 Å². The van der Waals surface area contributed by atoms with Crippen molar-refractivity contribution in [1.29, 1.82) is 0 Å². The van der Waals surface area contributed by atoms with Gasteiger partial charge in [0.15, 0.2) is 6.33 Å². The minimum atomic E-state index is 0.320. The largest absolute Gasteiger partial charge is 0.508 e. The molecule has 5 heteroatoms. The Morgan fingerprint density at radius 3 is 3.06 bits per heavy atom. The Morgan fingerprint density at radius 1 is 1.41 bits per heavy atom. The molecule has 5 nitrogen and oxygen atoms in total. The van der Waals surface area contributed by atoms with Gasteiger partial charge in [-0.05, 0) is 13.0 Å². The van der Waals surface area contributed by atoms with Crippen molar-refractivity contribution in [2.75, 3.05) is 6.54 Å². The molecular formula is C12H15N3O2. The molecule has 2 N–H and O–H groups in total. The summed E-state index contributed by atoms with van der Waals surface area (Å²) in [4.78, 5) is 3.93. The molecule has 0 saturated heterocycles. The van der Waals surface area contributed by atoms with Crippen LogP contribution in [-0.4, -0.2) is 21.8 Å². The lowest BCUT2D eigenvalue weighted by Crippen LogP contribution is -2.16. The van der Waals surface area contributed by atoms with Gasteiger partial charge in [0.25, 0.3) is 0 Å². The van der Waals surface area contributed by atoms with E-state index >= 15 is 0 Å². The van der Waals surface area contributed by atoms with Crippen LogP contribution < -0.4 is 5.32 Å². The predicted octanol–water partition coefficient (Wildman–Crippen LogP) is 1.42. The number of hydrogen-bond donors (Lipinski definition) is 2. The maximum atomic E-state index is 9.64. The zero-order valence-corrected chi connectivity index (χ0v) is 9.68. The standard InChI is InChI=1S/C12H15N3O2/c1-9-2-3-11(16)10(6-9)7-13-5-4-12-14-8-15-17-12/h2-3,6,8,13,16H,4-5,7H2,1H3. The van der Waals surface area contributed by atoms with Crippen molar-refractivity contribution in [1.82, 2.24) is 15.5 Å². The van der Waals surface area contributed by atoms with Crippen molar-refractivity contribution >= 4 is 0 Å². The molecule has 17 heavy (non-hydrogen) atoms. The number of hydrogen-bond acceptors (Lipinski definition) is 5. The quantitative estimate of drug-likeness (QED) is 0.764. The molecule has 1 heterocycles. The van der Waals surface area contributed by atoms with E-state index in [2.05, 4.69) is 15.5 Å². The summed E-state index contributed by atoms with van der Waals surface area (Å²) in [5.41, 5.74) is 2.03. The lowest BCUT2D eigenvalue weighted by atomic mass is 10.1. The van der Waals surface area contributed by atoms with Gasteiger partial charge in [-0.3, -0.25) is 0 Å². The fourth-order valence-corrected chi connectivity index (χ4v) is 1.58. The van der Waals surface area contributed by atoms with E-state index in [4.69, 9.17) is 4.52 Å². The molecule has 0 spiro atoms. The SMILES string of the molecule is Cc1ccc(O)c(CNCCc2ncno2)c1. The van der Waals surface area contributed by atoms with E-state index in [1.54, 1.807) is 6.07 Å². The van der Waals surface area contributed by atoms with Gasteiger partial charge < -0.3 is 14.9 Å². The van der Waals surface area contributed by atoms with E-state index in [0.717, 1.165) is 17.7 Å². The Balaban J connectivity index is 1.80. The minimum absolute atomic E-state index is 0.320. The third kappa shape index (κ3) is 3.29. The van der Waals surface area contributed by atoms with Crippen molar-refractivity contribution < 1.29 is 9.63 Å². The van der Waals surface area contributed by atoms with Crippen LogP contribution in [0.25, 0.3) is 0 Å². The molecule has 90 valence electrons. The molecule has 0 aliphatic rings. The summed E-state index contributed by atoms with van der Waals surface area (Å²) in [7, 11) is 0. The highest BCUT2D eigenvalue weighted by molar-refractivity contribution is 5.35. The second-order valence-corrected chi connectivity index (χ2v) is 3.89. The first kappa shape index (κ1) is 11.6. The van der Waals surface area contributed by atoms with E-state index in [-0.39, 0.29) is 0 Å². The summed E-state index contributed by atoms with van der Waals surface area (Å²) in [6.45, 7) is 3.36. The van der Waals surface area contributed by atoms with Crippen LogP contribution in [0.3, 0.4) is 0 Å². The molecule has 0 radical (unpaired) electrons. The summed E-state index contributed by atoms with van der Waals surface area (Å²) >= 11 is 0.